The molecule has 0 atom stereocenters. The van der Waals surface area contributed by atoms with Gasteiger partial charge in [0.1, 0.15) is 11.3 Å². The minimum atomic E-state index is -0.461. The molecule has 0 unspecified atom stereocenters. The van der Waals surface area contributed by atoms with Crippen molar-refractivity contribution in [2.45, 2.75) is 26.8 Å². The Kier molecular flexibility index (Phi) is 3.78. The summed E-state index contributed by atoms with van der Waals surface area (Å²) in [6.07, 6.45) is 1.35. The van der Waals surface area contributed by atoms with Crippen molar-refractivity contribution < 1.29 is 4.39 Å². The quantitative estimate of drug-likeness (QED) is 0.628. The van der Waals surface area contributed by atoms with Crippen molar-refractivity contribution in [1.82, 2.24) is 19.5 Å². The third kappa shape index (κ3) is 2.34. The fraction of sp³-hybridized carbons (Fsp3) is 0.267. The second-order valence-corrected chi connectivity index (χ2v) is 6.00. The van der Waals surface area contributed by atoms with Gasteiger partial charge in [-0.2, -0.15) is 0 Å². The van der Waals surface area contributed by atoms with E-state index in [1.54, 1.807) is 6.07 Å². The van der Waals surface area contributed by atoms with Gasteiger partial charge < -0.3 is 4.57 Å². The number of benzene rings is 1. The second-order valence-electron chi connectivity index (χ2n) is 5.25. The Balaban J connectivity index is 2.30. The number of hydrogen-bond donors (Lipinski definition) is 0. The SMILES string of the molecule is Cc1nc2c(F)c(-c3nc(Cl)ncc3Cl)ccc2n1C(C)C. The van der Waals surface area contributed by atoms with Gasteiger partial charge in [-0.1, -0.05) is 11.6 Å². The Morgan fingerprint density at radius 1 is 1.18 bits per heavy atom. The fourth-order valence-corrected chi connectivity index (χ4v) is 2.94. The molecular formula is C15H13Cl2FN4. The summed E-state index contributed by atoms with van der Waals surface area (Å²) in [7, 11) is 0. The first kappa shape index (κ1) is 15.2. The van der Waals surface area contributed by atoms with Crippen molar-refractivity contribution in [2.24, 2.45) is 0 Å². The summed E-state index contributed by atoms with van der Waals surface area (Å²) < 4.78 is 16.9. The summed E-state index contributed by atoms with van der Waals surface area (Å²) in [6, 6.07) is 3.65. The maximum absolute atomic E-state index is 14.9. The van der Waals surface area contributed by atoms with Crippen molar-refractivity contribution in [3.8, 4) is 11.3 Å². The van der Waals surface area contributed by atoms with Crippen LogP contribution in [-0.2, 0) is 0 Å². The number of imidazole rings is 1. The fourth-order valence-electron chi connectivity index (χ4n) is 2.61. The highest BCUT2D eigenvalue weighted by molar-refractivity contribution is 6.33. The van der Waals surface area contributed by atoms with E-state index < -0.39 is 5.82 Å². The summed E-state index contributed by atoms with van der Waals surface area (Å²) in [4.78, 5) is 12.1. The van der Waals surface area contributed by atoms with Gasteiger partial charge in [0.05, 0.1) is 22.4 Å². The molecule has 22 heavy (non-hydrogen) atoms. The Morgan fingerprint density at radius 2 is 1.91 bits per heavy atom. The molecule has 3 rings (SSSR count). The molecule has 0 aliphatic rings. The Bertz CT molecular complexity index is 874. The van der Waals surface area contributed by atoms with Gasteiger partial charge in [-0.15, -0.1) is 0 Å². The average Bonchev–Trinajstić information content (AvgIpc) is 2.79. The molecular weight excluding hydrogens is 326 g/mol. The van der Waals surface area contributed by atoms with E-state index in [9.17, 15) is 4.39 Å². The van der Waals surface area contributed by atoms with Crippen LogP contribution in [0.1, 0.15) is 25.7 Å². The predicted molar refractivity (Wildman–Crippen MR) is 85.9 cm³/mol. The zero-order valence-electron chi connectivity index (χ0n) is 12.2. The number of rotatable bonds is 2. The van der Waals surface area contributed by atoms with Crippen LogP contribution in [-0.4, -0.2) is 19.5 Å². The lowest BCUT2D eigenvalue weighted by molar-refractivity contribution is 0.600. The van der Waals surface area contributed by atoms with E-state index in [-0.39, 0.29) is 27.6 Å². The van der Waals surface area contributed by atoms with Crippen molar-refractivity contribution in [2.75, 3.05) is 0 Å². The van der Waals surface area contributed by atoms with Gasteiger partial charge in [0.25, 0.3) is 0 Å². The summed E-state index contributed by atoms with van der Waals surface area (Å²) in [5.74, 6) is 0.296. The lowest BCUT2D eigenvalue weighted by Crippen LogP contribution is -2.02. The molecule has 0 amide bonds. The molecule has 114 valence electrons. The van der Waals surface area contributed by atoms with E-state index in [0.717, 1.165) is 11.3 Å². The maximum atomic E-state index is 14.9. The van der Waals surface area contributed by atoms with Crippen LogP contribution in [0, 0.1) is 12.7 Å². The molecule has 0 aliphatic heterocycles. The maximum Gasteiger partial charge on any atom is 0.222 e. The van der Waals surface area contributed by atoms with Crippen LogP contribution >= 0.6 is 23.2 Å². The number of aromatic nitrogens is 4. The molecule has 2 heterocycles. The zero-order chi connectivity index (χ0) is 16.0. The normalized spacial score (nSPS) is 11.6. The Hall–Kier alpha value is -1.72. The number of nitrogens with zero attached hydrogens (tertiary/aromatic N) is 4. The van der Waals surface area contributed by atoms with E-state index in [2.05, 4.69) is 15.0 Å². The van der Waals surface area contributed by atoms with Crippen LogP contribution in [0.4, 0.5) is 4.39 Å². The van der Waals surface area contributed by atoms with Crippen LogP contribution in [0.15, 0.2) is 18.3 Å². The zero-order valence-corrected chi connectivity index (χ0v) is 13.7. The van der Waals surface area contributed by atoms with Crippen molar-refractivity contribution in [1.29, 1.82) is 0 Å². The summed E-state index contributed by atoms with van der Waals surface area (Å²) in [5.41, 5.74) is 1.56. The Labute approximate surface area is 136 Å². The minimum Gasteiger partial charge on any atom is -0.326 e. The highest BCUT2D eigenvalue weighted by Crippen LogP contribution is 2.33. The predicted octanol–water partition coefficient (Wildman–Crippen LogP) is 4.83. The van der Waals surface area contributed by atoms with Crippen LogP contribution < -0.4 is 0 Å². The van der Waals surface area contributed by atoms with Gasteiger partial charge in [-0.05, 0) is 44.5 Å². The van der Waals surface area contributed by atoms with E-state index in [4.69, 9.17) is 23.2 Å². The summed E-state index contributed by atoms with van der Waals surface area (Å²) in [5, 5.41) is 0.255. The molecule has 0 saturated heterocycles. The van der Waals surface area contributed by atoms with Crippen molar-refractivity contribution >= 4 is 34.2 Å². The number of hydrogen-bond acceptors (Lipinski definition) is 3. The minimum absolute atomic E-state index is 0.0165. The first-order valence-electron chi connectivity index (χ1n) is 6.75. The molecule has 2 aromatic heterocycles. The van der Waals surface area contributed by atoms with Gasteiger partial charge in [0, 0.05) is 11.6 Å². The molecule has 0 bridgehead atoms. The monoisotopic (exact) mass is 338 g/mol. The van der Waals surface area contributed by atoms with Gasteiger partial charge in [-0.3, -0.25) is 0 Å². The molecule has 0 N–H and O–H groups in total. The third-order valence-electron chi connectivity index (χ3n) is 3.46. The highest BCUT2D eigenvalue weighted by Gasteiger charge is 2.19. The van der Waals surface area contributed by atoms with Crippen LogP contribution in [0.3, 0.4) is 0 Å². The van der Waals surface area contributed by atoms with Crippen molar-refractivity contribution in [3.05, 3.63) is 40.3 Å². The number of aryl methyl sites for hydroxylation is 1. The van der Waals surface area contributed by atoms with Gasteiger partial charge in [0.15, 0.2) is 5.82 Å². The average molecular weight is 339 g/mol. The van der Waals surface area contributed by atoms with Gasteiger partial charge in [0.2, 0.25) is 5.28 Å². The molecule has 0 aliphatic carbocycles. The number of fused-ring (bicyclic) bond motifs is 1. The van der Waals surface area contributed by atoms with Gasteiger partial charge >= 0.3 is 0 Å². The van der Waals surface area contributed by atoms with E-state index >= 15 is 0 Å². The number of halogens is 3. The largest absolute Gasteiger partial charge is 0.326 e. The van der Waals surface area contributed by atoms with Crippen LogP contribution in [0.5, 0.6) is 0 Å². The molecule has 0 radical (unpaired) electrons. The lowest BCUT2D eigenvalue weighted by Gasteiger charge is -2.11. The Morgan fingerprint density at radius 3 is 2.59 bits per heavy atom. The van der Waals surface area contributed by atoms with E-state index in [1.165, 1.54) is 6.20 Å². The summed E-state index contributed by atoms with van der Waals surface area (Å²) in [6.45, 7) is 5.91. The highest BCUT2D eigenvalue weighted by atomic mass is 35.5. The summed E-state index contributed by atoms with van der Waals surface area (Å²) >= 11 is 11.9. The molecule has 7 heteroatoms. The van der Waals surface area contributed by atoms with Gasteiger partial charge in [-0.25, -0.2) is 19.3 Å². The first-order chi connectivity index (χ1) is 10.4. The topological polar surface area (TPSA) is 43.6 Å². The first-order valence-corrected chi connectivity index (χ1v) is 7.51. The van der Waals surface area contributed by atoms with Crippen LogP contribution in [0.2, 0.25) is 10.3 Å². The molecule has 3 aromatic rings. The molecule has 1 aromatic carbocycles. The molecule has 0 saturated carbocycles. The van der Waals surface area contributed by atoms with Crippen molar-refractivity contribution in [3.63, 3.8) is 0 Å². The van der Waals surface area contributed by atoms with E-state index in [1.807, 2.05) is 31.4 Å². The smallest absolute Gasteiger partial charge is 0.222 e. The third-order valence-corrected chi connectivity index (χ3v) is 3.92. The lowest BCUT2D eigenvalue weighted by atomic mass is 10.1. The van der Waals surface area contributed by atoms with E-state index in [0.29, 0.717) is 5.52 Å². The molecule has 0 spiro atoms. The standard InChI is InChI=1S/C15H13Cl2FN4/c1-7(2)22-8(3)20-14-11(22)5-4-9(12(14)18)13-10(16)6-19-15(17)21-13/h4-7H,1-3H3. The second kappa shape index (κ2) is 5.48. The molecule has 0 fully saturated rings. The van der Waals surface area contributed by atoms with Crippen LogP contribution in [0.25, 0.3) is 22.3 Å². The molecule has 4 nitrogen and oxygen atoms in total.